The third-order valence-corrected chi connectivity index (χ3v) is 8.95. The lowest BCUT2D eigenvalue weighted by atomic mass is 9.93. The molecular weight excluding hydrogens is 560 g/mol. The SMILES string of the molecule is C=CCCCCC[C@H](NC(=O)OC(C)(C)C)C(=O)N1C[C@](SCC=C)(c2ccc(-c3ccccc3)cc2)C[C@H]1C(=O)OC. The van der Waals surface area contributed by atoms with E-state index in [9.17, 15) is 14.4 Å². The highest BCUT2D eigenvalue weighted by atomic mass is 32.2. The van der Waals surface area contributed by atoms with Crippen molar-refractivity contribution in [2.75, 3.05) is 19.4 Å². The summed E-state index contributed by atoms with van der Waals surface area (Å²) in [6, 6.07) is 16.8. The van der Waals surface area contributed by atoms with Crippen LogP contribution in [0.5, 0.6) is 0 Å². The highest BCUT2D eigenvalue weighted by Crippen LogP contribution is 2.48. The van der Waals surface area contributed by atoms with Crippen molar-refractivity contribution in [3.63, 3.8) is 0 Å². The fourth-order valence-corrected chi connectivity index (χ4v) is 6.63. The largest absolute Gasteiger partial charge is 0.467 e. The number of amides is 2. The van der Waals surface area contributed by atoms with Crippen molar-refractivity contribution in [1.82, 2.24) is 10.2 Å². The molecule has 232 valence electrons. The summed E-state index contributed by atoms with van der Waals surface area (Å²) in [6.45, 7) is 13.3. The van der Waals surface area contributed by atoms with Crippen molar-refractivity contribution >= 4 is 29.7 Å². The third-order valence-electron chi connectivity index (χ3n) is 7.47. The van der Waals surface area contributed by atoms with E-state index in [4.69, 9.17) is 9.47 Å². The summed E-state index contributed by atoms with van der Waals surface area (Å²) >= 11 is 1.66. The fourth-order valence-electron chi connectivity index (χ4n) is 5.38. The van der Waals surface area contributed by atoms with Crippen LogP contribution in [0.3, 0.4) is 0 Å². The second-order valence-electron chi connectivity index (χ2n) is 11.9. The zero-order chi connectivity index (χ0) is 31.5. The average Bonchev–Trinajstić information content (AvgIpc) is 3.39. The number of nitrogens with zero attached hydrogens (tertiary/aromatic N) is 1. The minimum Gasteiger partial charge on any atom is -0.467 e. The molecule has 2 amide bonds. The van der Waals surface area contributed by atoms with E-state index >= 15 is 0 Å². The zero-order valence-electron chi connectivity index (χ0n) is 26.0. The number of esters is 1. The first kappa shape index (κ1) is 34.0. The van der Waals surface area contributed by atoms with Crippen LogP contribution in [0.1, 0.15) is 64.9 Å². The van der Waals surface area contributed by atoms with Gasteiger partial charge >= 0.3 is 12.1 Å². The summed E-state index contributed by atoms with van der Waals surface area (Å²) in [5, 5.41) is 2.81. The molecule has 0 saturated carbocycles. The lowest BCUT2D eigenvalue weighted by molar-refractivity contribution is -0.151. The van der Waals surface area contributed by atoms with Gasteiger partial charge in [-0.25, -0.2) is 9.59 Å². The highest BCUT2D eigenvalue weighted by molar-refractivity contribution is 8.00. The van der Waals surface area contributed by atoms with Crippen molar-refractivity contribution in [3.05, 3.63) is 85.5 Å². The topological polar surface area (TPSA) is 84.9 Å². The molecule has 1 aliphatic heterocycles. The van der Waals surface area contributed by atoms with Gasteiger partial charge in [-0.2, -0.15) is 0 Å². The maximum absolute atomic E-state index is 14.2. The first-order chi connectivity index (χ1) is 20.5. The predicted octanol–water partition coefficient (Wildman–Crippen LogP) is 7.27. The maximum atomic E-state index is 14.2. The normalized spacial score (nSPS) is 18.9. The number of likely N-dealkylation sites (tertiary alicyclic amines) is 1. The Labute approximate surface area is 261 Å². The van der Waals surface area contributed by atoms with Crippen molar-refractivity contribution in [1.29, 1.82) is 0 Å². The number of rotatable bonds is 14. The average molecular weight is 607 g/mol. The predicted molar refractivity (Wildman–Crippen MR) is 175 cm³/mol. The van der Waals surface area contributed by atoms with Gasteiger partial charge in [-0.05, 0) is 63.1 Å². The Morgan fingerprint density at radius 1 is 1.02 bits per heavy atom. The quantitative estimate of drug-likeness (QED) is 0.138. The lowest BCUT2D eigenvalue weighted by Gasteiger charge is -2.31. The summed E-state index contributed by atoms with van der Waals surface area (Å²) in [4.78, 5) is 41.8. The monoisotopic (exact) mass is 606 g/mol. The van der Waals surface area contributed by atoms with Gasteiger partial charge in [-0.3, -0.25) is 4.79 Å². The second kappa shape index (κ2) is 15.8. The number of unbranched alkanes of at least 4 members (excludes halogenated alkanes) is 3. The molecule has 1 N–H and O–H groups in total. The molecule has 1 aliphatic rings. The van der Waals surface area contributed by atoms with Gasteiger partial charge in [0.05, 0.1) is 11.9 Å². The van der Waals surface area contributed by atoms with Crippen LogP contribution in [0.4, 0.5) is 4.79 Å². The van der Waals surface area contributed by atoms with Crippen LogP contribution < -0.4 is 5.32 Å². The molecule has 43 heavy (non-hydrogen) atoms. The number of hydrogen-bond acceptors (Lipinski definition) is 6. The van der Waals surface area contributed by atoms with E-state index < -0.39 is 34.5 Å². The van der Waals surface area contributed by atoms with Crippen LogP contribution >= 0.6 is 11.8 Å². The number of nitrogens with one attached hydrogen (secondary N) is 1. The number of benzene rings is 2. The van der Waals surface area contributed by atoms with Crippen molar-refractivity contribution in [2.24, 2.45) is 0 Å². The van der Waals surface area contributed by atoms with Gasteiger partial charge in [0.1, 0.15) is 17.7 Å². The Morgan fingerprint density at radius 2 is 1.70 bits per heavy atom. The van der Waals surface area contributed by atoms with Gasteiger partial charge in [0.25, 0.3) is 0 Å². The molecule has 0 aliphatic carbocycles. The number of allylic oxidation sites excluding steroid dienone is 1. The fraction of sp³-hybridized carbons (Fsp3) is 0.457. The summed E-state index contributed by atoms with van der Waals surface area (Å²) in [6.07, 6.45) is 7.32. The smallest absolute Gasteiger partial charge is 0.408 e. The summed E-state index contributed by atoms with van der Waals surface area (Å²) < 4.78 is 10.1. The molecule has 0 aromatic heterocycles. The molecule has 0 radical (unpaired) electrons. The van der Waals surface area contributed by atoms with Crippen LogP contribution in [0.2, 0.25) is 0 Å². The van der Waals surface area contributed by atoms with E-state index in [-0.39, 0.29) is 12.5 Å². The number of alkyl carbamates (subject to hydrolysis) is 1. The second-order valence-corrected chi connectivity index (χ2v) is 13.3. The maximum Gasteiger partial charge on any atom is 0.408 e. The van der Waals surface area contributed by atoms with Gasteiger partial charge in [0.2, 0.25) is 5.91 Å². The molecule has 2 aromatic rings. The molecule has 3 rings (SSSR count). The highest BCUT2D eigenvalue weighted by Gasteiger charge is 2.51. The number of hydrogen-bond donors (Lipinski definition) is 1. The molecule has 0 spiro atoms. The molecule has 1 fully saturated rings. The van der Waals surface area contributed by atoms with Gasteiger partial charge < -0.3 is 19.7 Å². The standard InChI is InChI=1S/C35H46N2O5S/c1-7-9-10-11-15-18-29(36-33(40)42-34(3,4)5)31(38)37-25-35(43-23-8-2,24-30(37)32(39)41-6)28-21-19-27(20-22-28)26-16-13-12-14-17-26/h7-8,12-14,16-17,19-22,29-30H,1-2,9-11,15,18,23-25H2,3-6H3,(H,36,40)/t29-,30-,35-/m0/s1. The summed E-state index contributed by atoms with van der Waals surface area (Å²) in [7, 11) is 1.34. The van der Waals surface area contributed by atoms with Crippen LogP contribution in [0, 0.1) is 0 Å². The van der Waals surface area contributed by atoms with E-state index in [0.717, 1.165) is 42.4 Å². The molecule has 1 heterocycles. The molecule has 8 heteroatoms. The van der Waals surface area contributed by atoms with Crippen molar-refractivity contribution in [2.45, 2.75) is 81.7 Å². The molecule has 2 aromatic carbocycles. The molecule has 0 bridgehead atoms. The molecular formula is C35H46N2O5S. The van der Waals surface area contributed by atoms with E-state index in [1.54, 1.807) is 37.4 Å². The number of carbonyl (C=O) groups excluding carboxylic acids is 3. The minimum absolute atomic E-state index is 0.289. The Bertz CT molecular complexity index is 1240. The first-order valence-corrected chi connectivity index (χ1v) is 15.9. The third kappa shape index (κ3) is 9.48. The number of ether oxygens (including phenoxy) is 2. The molecule has 1 saturated heterocycles. The Hall–Kier alpha value is -3.52. The van der Waals surface area contributed by atoms with E-state index in [1.165, 1.54) is 7.11 Å². The Morgan fingerprint density at radius 3 is 2.30 bits per heavy atom. The molecule has 3 atom stereocenters. The van der Waals surface area contributed by atoms with E-state index in [1.807, 2.05) is 30.4 Å². The molecule has 7 nitrogen and oxygen atoms in total. The summed E-state index contributed by atoms with van der Waals surface area (Å²) in [5.74, 6) is -0.150. The van der Waals surface area contributed by atoms with Crippen molar-refractivity contribution < 1.29 is 23.9 Å². The Kier molecular flexibility index (Phi) is 12.5. The van der Waals surface area contributed by atoms with Gasteiger partial charge in [0.15, 0.2) is 0 Å². The van der Waals surface area contributed by atoms with Gasteiger partial charge in [0, 0.05) is 12.3 Å². The van der Waals surface area contributed by atoms with Crippen LogP contribution in [0.15, 0.2) is 79.9 Å². The molecule has 0 unspecified atom stereocenters. The van der Waals surface area contributed by atoms with Crippen LogP contribution in [-0.2, 0) is 23.8 Å². The summed E-state index contributed by atoms with van der Waals surface area (Å²) in [5.41, 5.74) is 2.50. The first-order valence-electron chi connectivity index (χ1n) is 14.9. The van der Waals surface area contributed by atoms with E-state index in [2.05, 4.69) is 54.9 Å². The number of carbonyl (C=O) groups is 3. The number of thioether (sulfide) groups is 1. The van der Waals surface area contributed by atoms with Crippen LogP contribution in [-0.4, -0.2) is 60.0 Å². The lowest BCUT2D eigenvalue weighted by Crippen LogP contribution is -2.52. The minimum atomic E-state index is -0.841. The van der Waals surface area contributed by atoms with E-state index in [0.29, 0.717) is 18.6 Å². The number of methoxy groups -OCH3 is 1. The Balaban J connectivity index is 1.94. The van der Waals surface area contributed by atoms with Crippen molar-refractivity contribution in [3.8, 4) is 11.1 Å². The zero-order valence-corrected chi connectivity index (χ0v) is 26.8. The van der Waals surface area contributed by atoms with Gasteiger partial charge in [-0.1, -0.05) is 79.6 Å². The van der Waals surface area contributed by atoms with Gasteiger partial charge in [-0.15, -0.1) is 24.9 Å². The van der Waals surface area contributed by atoms with Crippen LogP contribution in [0.25, 0.3) is 11.1 Å².